The molecule has 0 saturated carbocycles. The van der Waals surface area contributed by atoms with Gasteiger partial charge < -0.3 is 20.9 Å². The number of nitrogens with zero attached hydrogens (tertiary/aromatic N) is 2. The molecule has 0 radical (unpaired) electrons. The fourth-order valence-electron chi connectivity index (χ4n) is 4.71. The second kappa shape index (κ2) is 10.7. The van der Waals surface area contributed by atoms with Gasteiger partial charge in [0.25, 0.3) is 11.8 Å². The van der Waals surface area contributed by atoms with Crippen molar-refractivity contribution in [2.24, 2.45) is 5.73 Å². The van der Waals surface area contributed by atoms with E-state index in [9.17, 15) is 31.9 Å². The number of nitrogens with one attached hydrogen (secondary N) is 2. The third-order valence-corrected chi connectivity index (χ3v) is 7.05. The Morgan fingerprint density at radius 1 is 1.00 bits per heavy atom. The number of aromatic amines is 1. The third-order valence-electron chi connectivity index (χ3n) is 7.05. The summed E-state index contributed by atoms with van der Waals surface area (Å²) in [6.45, 7) is 4.73. The van der Waals surface area contributed by atoms with Crippen molar-refractivity contribution in [1.82, 2.24) is 9.88 Å². The number of amides is 2. The molecular weight excluding hydrogens is 537 g/mol. The van der Waals surface area contributed by atoms with Crippen LogP contribution in [0.2, 0.25) is 0 Å². The van der Waals surface area contributed by atoms with Crippen LogP contribution in [-0.2, 0) is 6.18 Å². The number of anilines is 2. The molecule has 1 aliphatic heterocycles. The Bertz CT molecular complexity index is 1530. The summed E-state index contributed by atoms with van der Waals surface area (Å²) in [7, 11) is 1.93. The number of pyridine rings is 1. The van der Waals surface area contributed by atoms with E-state index in [0.717, 1.165) is 18.2 Å². The molecule has 1 fully saturated rings. The standard InChI is InChI=1S/C27H26F5N5O3/c1-13-11-37(12-14(2)36(13)3)23-9-21(29)16(15-4-5-20(28)17(6-15)25(33)39)7-22(23)35-26(40)18-10-34-24(38)8-19(18)27(30,31)32/h4-10,13-14H,11-12H2,1-3H3,(H2,33,39)(H,34,38)(H,35,40). The first kappa shape index (κ1) is 28.7. The number of carbonyl (C=O) groups is 2. The van der Waals surface area contributed by atoms with Gasteiger partial charge in [-0.25, -0.2) is 8.78 Å². The third kappa shape index (κ3) is 5.69. The topological polar surface area (TPSA) is 112 Å². The van der Waals surface area contributed by atoms with Crippen LogP contribution in [0.5, 0.6) is 0 Å². The highest BCUT2D eigenvalue weighted by Gasteiger charge is 2.36. The van der Waals surface area contributed by atoms with Gasteiger partial charge in [-0.2, -0.15) is 13.2 Å². The van der Waals surface area contributed by atoms with Crippen LogP contribution in [0.15, 0.2) is 47.4 Å². The Kier molecular flexibility index (Phi) is 7.70. The first-order chi connectivity index (χ1) is 18.7. The molecule has 8 nitrogen and oxygen atoms in total. The molecule has 3 aromatic rings. The molecule has 40 heavy (non-hydrogen) atoms. The summed E-state index contributed by atoms with van der Waals surface area (Å²) in [5, 5.41) is 2.43. The number of nitrogens with two attached hydrogens (primary N) is 1. The number of hydrogen-bond donors (Lipinski definition) is 3. The molecule has 2 heterocycles. The molecule has 212 valence electrons. The lowest BCUT2D eigenvalue weighted by Crippen LogP contribution is -2.55. The number of primary amides is 1. The normalized spacial score (nSPS) is 18.1. The van der Waals surface area contributed by atoms with E-state index in [-0.39, 0.29) is 40.7 Å². The zero-order valence-electron chi connectivity index (χ0n) is 21.7. The van der Waals surface area contributed by atoms with Crippen LogP contribution in [0, 0.1) is 11.6 Å². The van der Waals surface area contributed by atoms with Gasteiger partial charge in [-0.1, -0.05) is 6.07 Å². The fraction of sp³-hybridized carbons (Fsp3) is 0.296. The summed E-state index contributed by atoms with van der Waals surface area (Å²) in [5.74, 6) is -3.98. The van der Waals surface area contributed by atoms with Gasteiger partial charge in [-0.15, -0.1) is 0 Å². The minimum Gasteiger partial charge on any atom is -0.367 e. The average Bonchev–Trinajstić information content (AvgIpc) is 2.87. The first-order valence-corrected chi connectivity index (χ1v) is 12.2. The van der Waals surface area contributed by atoms with Crippen LogP contribution in [0.3, 0.4) is 0 Å². The molecule has 13 heteroatoms. The van der Waals surface area contributed by atoms with Gasteiger partial charge in [0, 0.05) is 43.0 Å². The molecule has 4 N–H and O–H groups in total. The summed E-state index contributed by atoms with van der Waals surface area (Å²) in [4.78, 5) is 42.4. The van der Waals surface area contributed by atoms with E-state index in [1.165, 1.54) is 12.1 Å². The number of benzene rings is 2. The molecular formula is C27H26F5N5O3. The van der Waals surface area contributed by atoms with Gasteiger partial charge in [0.15, 0.2) is 0 Å². The Balaban J connectivity index is 1.86. The zero-order chi connectivity index (χ0) is 29.5. The van der Waals surface area contributed by atoms with Crippen molar-refractivity contribution < 1.29 is 31.5 Å². The molecule has 1 aliphatic rings. The number of likely N-dealkylation sites (N-methyl/N-ethyl adjacent to an activating group) is 1. The van der Waals surface area contributed by atoms with Crippen LogP contribution < -0.4 is 21.5 Å². The Morgan fingerprint density at radius 3 is 2.25 bits per heavy atom. The van der Waals surface area contributed by atoms with Crippen LogP contribution >= 0.6 is 0 Å². The summed E-state index contributed by atoms with van der Waals surface area (Å²) < 4.78 is 70.5. The maximum Gasteiger partial charge on any atom is 0.417 e. The second-order valence-electron chi connectivity index (χ2n) is 9.75. The average molecular weight is 564 g/mol. The lowest BCUT2D eigenvalue weighted by atomic mass is 9.99. The molecule has 2 amide bonds. The van der Waals surface area contributed by atoms with E-state index in [1.54, 1.807) is 4.90 Å². The number of aromatic nitrogens is 1. The molecule has 1 aromatic heterocycles. The van der Waals surface area contributed by atoms with E-state index in [1.807, 2.05) is 20.9 Å². The minimum atomic E-state index is -5.00. The van der Waals surface area contributed by atoms with Crippen molar-refractivity contribution in [2.45, 2.75) is 32.1 Å². The van der Waals surface area contributed by atoms with Crippen LogP contribution in [0.4, 0.5) is 33.3 Å². The Labute approximate surface area is 225 Å². The number of carbonyl (C=O) groups excluding carboxylic acids is 2. The van der Waals surface area contributed by atoms with E-state index in [2.05, 4.69) is 15.2 Å². The Hall–Kier alpha value is -4.26. The molecule has 1 saturated heterocycles. The molecule has 0 spiro atoms. The van der Waals surface area contributed by atoms with Crippen molar-refractivity contribution in [1.29, 1.82) is 0 Å². The number of H-pyrrole nitrogens is 1. The lowest BCUT2D eigenvalue weighted by Gasteiger charge is -2.44. The highest BCUT2D eigenvalue weighted by molar-refractivity contribution is 6.07. The van der Waals surface area contributed by atoms with Crippen molar-refractivity contribution in [3.05, 3.63) is 81.3 Å². The maximum atomic E-state index is 15.6. The van der Waals surface area contributed by atoms with E-state index < -0.39 is 51.9 Å². The van der Waals surface area contributed by atoms with E-state index in [0.29, 0.717) is 19.3 Å². The van der Waals surface area contributed by atoms with Crippen LogP contribution in [0.25, 0.3) is 11.1 Å². The largest absolute Gasteiger partial charge is 0.417 e. The predicted molar refractivity (Wildman–Crippen MR) is 139 cm³/mol. The number of rotatable bonds is 5. The van der Waals surface area contributed by atoms with Crippen LogP contribution in [0.1, 0.15) is 40.1 Å². The van der Waals surface area contributed by atoms with Crippen molar-refractivity contribution in [2.75, 3.05) is 30.4 Å². The number of piperazine rings is 1. The van der Waals surface area contributed by atoms with E-state index in [4.69, 9.17) is 5.73 Å². The quantitative estimate of drug-likeness (QED) is 0.403. The predicted octanol–water partition coefficient (Wildman–Crippen LogP) is 4.22. The highest BCUT2D eigenvalue weighted by Crippen LogP contribution is 2.37. The molecule has 2 atom stereocenters. The lowest BCUT2D eigenvalue weighted by molar-refractivity contribution is -0.138. The zero-order valence-corrected chi connectivity index (χ0v) is 21.7. The van der Waals surface area contributed by atoms with E-state index >= 15 is 4.39 Å². The SMILES string of the molecule is CC1CN(c2cc(F)c(-c3ccc(F)c(C(N)=O)c3)cc2NC(=O)c2c[nH]c(=O)cc2C(F)(F)F)CC(C)N1C. The van der Waals surface area contributed by atoms with Gasteiger partial charge >= 0.3 is 6.18 Å². The van der Waals surface area contributed by atoms with Gasteiger partial charge in [0.1, 0.15) is 11.6 Å². The Morgan fingerprint density at radius 2 is 1.65 bits per heavy atom. The fourth-order valence-corrected chi connectivity index (χ4v) is 4.71. The summed E-state index contributed by atoms with van der Waals surface area (Å²) in [6, 6.07) is 5.82. The second-order valence-corrected chi connectivity index (χ2v) is 9.75. The van der Waals surface area contributed by atoms with Gasteiger partial charge in [0.2, 0.25) is 5.56 Å². The molecule has 2 aromatic carbocycles. The molecule has 2 unspecified atom stereocenters. The first-order valence-electron chi connectivity index (χ1n) is 12.2. The maximum absolute atomic E-state index is 15.6. The van der Waals surface area contributed by atoms with Crippen molar-refractivity contribution >= 4 is 23.2 Å². The van der Waals surface area contributed by atoms with Crippen molar-refractivity contribution in [3.8, 4) is 11.1 Å². The smallest absolute Gasteiger partial charge is 0.367 e. The monoisotopic (exact) mass is 563 g/mol. The van der Waals surface area contributed by atoms with Gasteiger partial charge in [-0.05, 0) is 50.7 Å². The van der Waals surface area contributed by atoms with Crippen molar-refractivity contribution in [3.63, 3.8) is 0 Å². The minimum absolute atomic E-state index is 0.0151. The molecule has 0 bridgehead atoms. The summed E-state index contributed by atoms with van der Waals surface area (Å²) >= 11 is 0. The van der Waals surface area contributed by atoms with Crippen LogP contribution in [-0.4, -0.2) is 53.9 Å². The van der Waals surface area contributed by atoms with Gasteiger partial charge in [-0.3, -0.25) is 19.3 Å². The highest BCUT2D eigenvalue weighted by atomic mass is 19.4. The molecule has 4 rings (SSSR count). The molecule has 0 aliphatic carbocycles. The number of halogens is 5. The number of hydrogen-bond acceptors (Lipinski definition) is 5. The number of alkyl halides is 3. The van der Waals surface area contributed by atoms with Gasteiger partial charge in [0.05, 0.1) is 28.1 Å². The summed E-state index contributed by atoms with van der Waals surface area (Å²) in [6.07, 6.45) is -4.34. The summed E-state index contributed by atoms with van der Waals surface area (Å²) in [5.41, 5.74) is 1.46.